The molecule has 1 saturated carbocycles. The van der Waals surface area contributed by atoms with E-state index in [1.807, 2.05) is 0 Å². The Hall–Kier alpha value is -0.750. The molecule has 3 N–H and O–H groups in total. The monoisotopic (exact) mass is 289 g/mol. The van der Waals surface area contributed by atoms with Crippen LogP contribution in [0.25, 0.3) is 0 Å². The van der Waals surface area contributed by atoms with Crippen molar-refractivity contribution in [1.82, 2.24) is 5.32 Å². The molecule has 0 spiro atoms. The summed E-state index contributed by atoms with van der Waals surface area (Å²) in [7, 11) is 0. The maximum Gasteiger partial charge on any atom is 0.313 e. The SMILES string of the molecule is CCC1CCC(O)(CNC(=O)CSCC(=O)O)CC1. The van der Waals surface area contributed by atoms with Crippen LogP contribution in [0.2, 0.25) is 0 Å². The maximum absolute atomic E-state index is 11.5. The van der Waals surface area contributed by atoms with Crippen molar-refractivity contribution < 1.29 is 19.8 Å². The number of aliphatic carboxylic acids is 1. The van der Waals surface area contributed by atoms with Gasteiger partial charge in [0, 0.05) is 6.54 Å². The summed E-state index contributed by atoms with van der Waals surface area (Å²) >= 11 is 1.07. The van der Waals surface area contributed by atoms with E-state index in [0.717, 1.165) is 43.9 Å². The van der Waals surface area contributed by atoms with Gasteiger partial charge in [-0.2, -0.15) is 0 Å². The van der Waals surface area contributed by atoms with Gasteiger partial charge in [0.1, 0.15) is 0 Å². The van der Waals surface area contributed by atoms with Gasteiger partial charge in [-0.05, 0) is 31.6 Å². The van der Waals surface area contributed by atoms with Crippen LogP contribution in [-0.4, -0.2) is 45.7 Å². The topological polar surface area (TPSA) is 86.6 Å². The summed E-state index contributed by atoms with van der Waals surface area (Å²) in [5.41, 5.74) is -0.779. The van der Waals surface area contributed by atoms with Crippen molar-refractivity contribution in [3.8, 4) is 0 Å². The molecule has 0 aromatic rings. The number of nitrogens with one attached hydrogen (secondary N) is 1. The van der Waals surface area contributed by atoms with E-state index in [0.29, 0.717) is 5.92 Å². The first-order valence-corrected chi connectivity index (χ1v) is 7.89. The molecule has 0 saturated heterocycles. The molecule has 1 rings (SSSR count). The van der Waals surface area contributed by atoms with Crippen molar-refractivity contribution in [2.45, 2.75) is 44.6 Å². The minimum atomic E-state index is -0.922. The van der Waals surface area contributed by atoms with E-state index < -0.39 is 11.6 Å². The zero-order valence-electron chi connectivity index (χ0n) is 11.4. The van der Waals surface area contributed by atoms with Gasteiger partial charge in [0.2, 0.25) is 5.91 Å². The molecule has 6 heteroatoms. The Labute approximate surface area is 118 Å². The fourth-order valence-corrected chi connectivity index (χ4v) is 2.91. The second-order valence-electron chi connectivity index (χ2n) is 5.24. The fraction of sp³-hybridized carbons (Fsp3) is 0.846. The molecule has 1 aliphatic rings. The quantitative estimate of drug-likeness (QED) is 0.656. The van der Waals surface area contributed by atoms with Crippen molar-refractivity contribution in [1.29, 1.82) is 0 Å². The summed E-state index contributed by atoms with van der Waals surface area (Å²) in [6.07, 6.45) is 4.63. The van der Waals surface area contributed by atoms with Crippen LogP contribution >= 0.6 is 11.8 Å². The third kappa shape index (κ3) is 6.29. The number of rotatable bonds is 7. The third-order valence-electron chi connectivity index (χ3n) is 3.69. The average molecular weight is 289 g/mol. The number of carboxylic acids is 1. The van der Waals surface area contributed by atoms with Crippen LogP contribution in [0, 0.1) is 5.92 Å². The molecule has 0 aromatic heterocycles. The van der Waals surface area contributed by atoms with Gasteiger partial charge in [0.05, 0.1) is 17.1 Å². The van der Waals surface area contributed by atoms with Crippen LogP contribution < -0.4 is 5.32 Å². The number of amides is 1. The first kappa shape index (κ1) is 16.3. The number of aliphatic hydroxyl groups is 1. The van der Waals surface area contributed by atoms with E-state index in [2.05, 4.69) is 12.2 Å². The number of hydrogen-bond acceptors (Lipinski definition) is 4. The Bertz CT molecular complexity index is 314. The Morgan fingerprint density at radius 2 is 1.95 bits per heavy atom. The number of carboxylic acid groups (broad SMARTS) is 1. The van der Waals surface area contributed by atoms with Crippen LogP contribution in [-0.2, 0) is 9.59 Å². The molecule has 110 valence electrons. The number of hydrogen-bond donors (Lipinski definition) is 3. The van der Waals surface area contributed by atoms with E-state index >= 15 is 0 Å². The van der Waals surface area contributed by atoms with E-state index in [1.54, 1.807) is 0 Å². The van der Waals surface area contributed by atoms with Gasteiger partial charge < -0.3 is 15.5 Å². The van der Waals surface area contributed by atoms with Crippen LogP contribution in [0.1, 0.15) is 39.0 Å². The predicted octanol–water partition coefficient (Wildman–Crippen LogP) is 1.25. The molecule has 1 aliphatic carbocycles. The summed E-state index contributed by atoms with van der Waals surface area (Å²) in [6.45, 7) is 2.44. The molecule has 0 atom stereocenters. The Balaban J connectivity index is 2.20. The van der Waals surface area contributed by atoms with Crippen LogP contribution in [0.15, 0.2) is 0 Å². The Morgan fingerprint density at radius 1 is 1.32 bits per heavy atom. The van der Waals surface area contributed by atoms with Crippen molar-refractivity contribution >= 4 is 23.6 Å². The molecule has 1 amide bonds. The largest absolute Gasteiger partial charge is 0.481 e. The molecule has 1 fully saturated rings. The molecule has 19 heavy (non-hydrogen) atoms. The normalized spacial score (nSPS) is 26.9. The van der Waals surface area contributed by atoms with Gasteiger partial charge in [-0.3, -0.25) is 9.59 Å². The molecule has 0 bridgehead atoms. The summed E-state index contributed by atoms with van der Waals surface area (Å²) in [4.78, 5) is 21.8. The summed E-state index contributed by atoms with van der Waals surface area (Å²) in [5.74, 6) is -0.385. The lowest BCUT2D eigenvalue weighted by atomic mass is 9.78. The highest BCUT2D eigenvalue weighted by Gasteiger charge is 2.32. The average Bonchev–Trinajstić information content (AvgIpc) is 2.37. The molecular weight excluding hydrogens is 266 g/mol. The second-order valence-corrected chi connectivity index (χ2v) is 6.22. The first-order chi connectivity index (χ1) is 8.95. The van der Waals surface area contributed by atoms with Crippen molar-refractivity contribution in [2.24, 2.45) is 5.92 Å². The lowest BCUT2D eigenvalue weighted by Gasteiger charge is -2.35. The Kier molecular flexibility index (Phi) is 6.65. The van der Waals surface area contributed by atoms with Crippen molar-refractivity contribution in [2.75, 3.05) is 18.1 Å². The highest BCUT2D eigenvalue weighted by molar-refractivity contribution is 8.00. The van der Waals surface area contributed by atoms with Gasteiger partial charge in [0.25, 0.3) is 0 Å². The molecule has 0 unspecified atom stereocenters. The Morgan fingerprint density at radius 3 is 2.47 bits per heavy atom. The van der Waals surface area contributed by atoms with E-state index in [9.17, 15) is 14.7 Å². The number of carbonyl (C=O) groups is 2. The van der Waals surface area contributed by atoms with Crippen molar-refractivity contribution in [3.63, 3.8) is 0 Å². The summed E-state index contributed by atoms with van der Waals surface area (Å²) in [5, 5.41) is 21.5. The zero-order chi connectivity index (χ0) is 14.3. The first-order valence-electron chi connectivity index (χ1n) is 6.74. The van der Waals surface area contributed by atoms with Gasteiger partial charge >= 0.3 is 5.97 Å². The van der Waals surface area contributed by atoms with Gasteiger partial charge in [0.15, 0.2) is 0 Å². The number of thioether (sulfide) groups is 1. The molecule has 0 heterocycles. The molecular formula is C13H23NO4S. The smallest absolute Gasteiger partial charge is 0.313 e. The highest BCUT2D eigenvalue weighted by atomic mass is 32.2. The zero-order valence-corrected chi connectivity index (χ0v) is 12.2. The number of carbonyl (C=O) groups excluding carboxylic acids is 1. The van der Waals surface area contributed by atoms with E-state index in [4.69, 9.17) is 5.11 Å². The van der Waals surface area contributed by atoms with Gasteiger partial charge in [-0.15, -0.1) is 11.8 Å². The van der Waals surface area contributed by atoms with Crippen LogP contribution in [0.4, 0.5) is 0 Å². The van der Waals surface area contributed by atoms with Gasteiger partial charge in [-0.1, -0.05) is 13.3 Å². The second kappa shape index (κ2) is 7.75. The molecule has 0 aromatic carbocycles. The molecule has 0 radical (unpaired) electrons. The van der Waals surface area contributed by atoms with E-state index in [1.165, 1.54) is 0 Å². The summed E-state index contributed by atoms with van der Waals surface area (Å²) in [6, 6.07) is 0. The van der Waals surface area contributed by atoms with Crippen molar-refractivity contribution in [3.05, 3.63) is 0 Å². The molecule has 0 aliphatic heterocycles. The van der Waals surface area contributed by atoms with E-state index in [-0.39, 0.29) is 24.0 Å². The van der Waals surface area contributed by atoms with Gasteiger partial charge in [-0.25, -0.2) is 0 Å². The minimum absolute atomic E-state index is 0.0735. The standard InChI is InChI=1S/C13H23NO4S/c1-2-10-3-5-13(18,6-4-10)9-14-11(15)7-19-8-12(16)17/h10,18H,2-9H2,1H3,(H,14,15)(H,16,17). The fourth-order valence-electron chi connectivity index (χ4n) is 2.35. The maximum atomic E-state index is 11.5. The van der Waals surface area contributed by atoms with Crippen LogP contribution in [0.5, 0.6) is 0 Å². The molecule has 5 nitrogen and oxygen atoms in total. The summed E-state index contributed by atoms with van der Waals surface area (Å²) < 4.78 is 0. The highest BCUT2D eigenvalue weighted by Crippen LogP contribution is 2.33. The van der Waals surface area contributed by atoms with Crippen LogP contribution in [0.3, 0.4) is 0 Å². The lowest BCUT2D eigenvalue weighted by molar-refractivity contribution is -0.133. The lowest BCUT2D eigenvalue weighted by Crippen LogP contribution is -2.45. The minimum Gasteiger partial charge on any atom is -0.481 e. The third-order valence-corrected chi connectivity index (χ3v) is 4.60. The predicted molar refractivity (Wildman–Crippen MR) is 75.2 cm³/mol.